The van der Waals surface area contributed by atoms with Crippen molar-refractivity contribution < 1.29 is 9.47 Å². The van der Waals surface area contributed by atoms with Crippen LogP contribution in [0.4, 0.5) is 0 Å². The van der Waals surface area contributed by atoms with Gasteiger partial charge in [0.05, 0.1) is 14.2 Å². The van der Waals surface area contributed by atoms with Gasteiger partial charge in [0, 0.05) is 51.9 Å². The van der Waals surface area contributed by atoms with E-state index in [1.165, 1.54) is 31.7 Å². The van der Waals surface area contributed by atoms with Crippen LogP contribution in [0.25, 0.3) is 0 Å². The third kappa shape index (κ3) is 3.37. The summed E-state index contributed by atoms with van der Waals surface area (Å²) in [6.07, 6.45) is 0. The fourth-order valence-corrected chi connectivity index (χ4v) is 3.56. The van der Waals surface area contributed by atoms with Crippen LogP contribution in [0.1, 0.15) is 5.56 Å². The van der Waals surface area contributed by atoms with Crippen LogP contribution < -0.4 is 9.47 Å². The molecule has 0 aromatic heterocycles. The van der Waals surface area contributed by atoms with Crippen molar-refractivity contribution in [2.24, 2.45) is 0 Å². The first-order valence-corrected chi connectivity index (χ1v) is 8.05. The molecule has 0 N–H and O–H groups in total. The minimum atomic E-state index is 0.674. The first-order valence-electron chi connectivity index (χ1n) is 8.05. The maximum atomic E-state index is 5.41. The molecule has 1 aromatic rings. The van der Waals surface area contributed by atoms with Gasteiger partial charge in [0.15, 0.2) is 11.5 Å². The maximum Gasteiger partial charge on any atom is 0.161 e. The van der Waals surface area contributed by atoms with Gasteiger partial charge < -0.3 is 14.4 Å². The van der Waals surface area contributed by atoms with Gasteiger partial charge in [-0.25, -0.2) is 0 Å². The molecule has 3 rings (SSSR count). The molecule has 0 radical (unpaired) electrons. The number of fused-ring (bicyclic) bond motifs is 1. The number of methoxy groups -OCH3 is 2. The standard InChI is InChI=1S/C17H27N3O2/c1-18-6-8-20-9-7-19(13-15(20)12-18)11-14-4-5-16(21-2)17(10-14)22-3/h4-5,10,15H,6-9,11-13H2,1-3H3. The monoisotopic (exact) mass is 305 g/mol. The summed E-state index contributed by atoms with van der Waals surface area (Å²) in [6, 6.07) is 6.91. The highest BCUT2D eigenvalue weighted by Gasteiger charge is 2.30. The van der Waals surface area contributed by atoms with E-state index in [4.69, 9.17) is 9.47 Å². The van der Waals surface area contributed by atoms with Gasteiger partial charge in [-0.2, -0.15) is 0 Å². The van der Waals surface area contributed by atoms with Crippen molar-refractivity contribution in [3.8, 4) is 11.5 Å². The molecule has 2 heterocycles. The quantitative estimate of drug-likeness (QED) is 0.832. The molecule has 1 aromatic carbocycles. The number of hydrogen-bond donors (Lipinski definition) is 0. The molecular formula is C17H27N3O2. The van der Waals surface area contributed by atoms with Crippen molar-refractivity contribution in [2.75, 3.05) is 60.5 Å². The predicted molar refractivity (Wildman–Crippen MR) is 87.7 cm³/mol. The Bertz CT molecular complexity index is 509. The van der Waals surface area contributed by atoms with Crippen LogP contribution >= 0.6 is 0 Å². The Labute approximate surface area is 133 Å². The van der Waals surface area contributed by atoms with E-state index in [-0.39, 0.29) is 0 Å². The number of piperazine rings is 2. The Morgan fingerprint density at radius 3 is 2.55 bits per heavy atom. The molecular weight excluding hydrogens is 278 g/mol. The molecule has 0 saturated carbocycles. The number of ether oxygens (including phenoxy) is 2. The molecule has 5 heteroatoms. The van der Waals surface area contributed by atoms with E-state index in [2.05, 4.69) is 33.9 Å². The summed E-state index contributed by atoms with van der Waals surface area (Å²) in [5, 5.41) is 0. The van der Waals surface area contributed by atoms with Gasteiger partial charge >= 0.3 is 0 Å². The topological polar surface area (TPSA) is 28.2 Å². The Morgan fingerprint density at radius 1 is 1.00 bits per heavy atom. The van der Waals surface area contributed by atoms with Gasteiger partial charge in [0.2, 0.25) is 0 Å². The predicted octanol–water partition coefficient (Wildman–Crippen LogP) is 1.14. The SMILES string of the molecule is COc1ccc(CN2CCN3CCN(C)CC3C2)cc1OC. The highest BCUT2D eigenvalue weighted by molar-refractivity contribution is 5.42. The second-order valence-electron chi connectivity index (χ2n) is 6.38. The summed E-state index contributed by atoms with van der Waals surface area (Å²) in [6.45, 7) is 8.06. The minimum absolute atomic E-state index is 0.674. The molecule has 0 amide bonds. The Balaban J connectivity index is 1.63. The molecule has 0 spiro atoms. The summed E-state index contributed by atoms with van der Waals surface area (Å²) in [4.78, 5) is 7.65. The molecule has 2 aliphatic rings. The van der Waals surface area contributed by atoms with Crippen LogP contribution in [-0.4, -0.2) is 81.3 Å². The lowest BCUT2D eigenvalue weighted by Crippen LogP contribution is -2.60. The van der Waals surface area contributed by atoms with Crippen LogP contribution in [0.2, 0.25) is 0 Å². The van der Waals surface area contributed by atoms with Gasteiger partial charge in [-0.05, 0) is 24.7 Å². The van der Waals surface area contributed by atoms with E-state index in [1.54, 1.807) is 14.2 Å². The zero-order valence-electron chi connectivity index (χ0n) is 13.9. The summed E-state index contributed by atoms with van der Waals surface area (Å²) in [7, 11) is 5.60. The van der Waals surface area contributed by atoms with E-state index in [0.717, 1.165) is 31.1 Å². The van der Waals surface area contributed by atoms with E-state index in [0.29, 0.717) is 6.04 Å². The average Bonchev–Trinajstić information content (AvgIpc) is 2.54. The van der Waals surface area contributed by atoms with E-state index >= 15 is 0 Å². The van der Waals surface area contributed by atoms with Crippen molar-refractivity contribution >= 4 is 0 Å². The van der Waals surface area contributed by atoms with E-state index in [9.17, 15) is 0 Å². The molecule has 2 aliphatic heterocycles. The van der Waals surface area contributed by atoms with Gasteiger partial charge in [-0.15, -0.1) is 0 Å². The Kier molecular flexibility index (Phi) is 4.86. The molecule has 122 valence electrons. The van der Waals surface area contributed by atoms with Gasteiger partial charge in [0.25, 0.3) is 0 Å². The van der Waals surface area contributed by atoms with Crippen LogP contribution in [0, 0.1) is 0 Å². The normalized spacial score (nSPS) is 24.0. The second kappa shape index (κ2) is 6.86. The average molecular weight is 305 g/mol. The van der Waals surface area contributed by atoms with Crippen molar-refractivity contribution in [1.82, 2.24) is 14.7 Å². The number of nitrogens with zero attached hydrogens (tertiary/aromatic N) is 3. The lowest BCUT2D eigenvalue weighted by atomic mass is 10.1. The molecule has 2 saturated heterocycles. The molecule has 1 atom stereocenters. The molecule has 2 fully saturated rings. The number of benzene rings is 1. The van der Waals surface area contributed by atoms with Crippen LogP contribution in [0.5, 0.6) is 11.5 Å². The van der Waals surface area contributed by atoms with Crippen molar-refractivity contribution in [2.45, 2.75) is 12.6 Å². The third-order valence-electron chi connectivity index (χ3n) is 4.83. The third-order valence-corrected chi connectivity index (χ3v) is 4.83. The number of rotatable bonds is 4. The van der Waals surface area contributed by atoms with Gasteiger partial charge in [-0.1, -0.05) is 6.07 Å². The minimum Gasteiger partial charge on any atom is -0.493 e. The summed E-state index contributed by atoms with van der Waals surface area (Å²) < 4.78 is 10.7. The van der Waals surface area contributed by atoms with Crippen LogP contribution in [0.3, 0.4) is 0 Å². The lowest BCUT2D eigenvalue weighted by molar-refractivity contribution is 0.0175. The molecule has 22 heavy (non-hydrogen) atoms. The fraction of sp³-hybridized carbons (Fsp3) is 0.647. The summed E-state index contributed by atoms with van der Waals surface area (Å²) >= 11 is 0. The summed E-state index contributed by atoms with van der Waals surface area (Å²) in [5.41, 5.74) is 1.29. The Morgan fingerprint density at radius 2 is 1.77 bits per heavy atom. The first-order chi connectivity index (χ1) is 10.7. The van der Waals surface area contributed by atoms with E-state index < -0.39 is 0 Å². The van der Waals surface area contributed by atoms with E-state index in [1.807, 2.05) is 6.07 Å². The molecule has 5 nitrogen and oxygen atoms in total. The molecule has 0 aliphatic carbocycles. The zero-order chi connectivity index (χ0) is 15.5. The highest BCUT2D eigenvalue weighted by atomic mass is 16.5. The first kappa shape index (κ1) is 15.6. The number of hydrogen-bond acceptors (Lipinski definition) is 5. The highest BCUT2D eigenvalue weighted by Crippen LogP contribution is 2.28. The lowest BCUT2D eigenvalue weighted by Gasteiger charge is -2.46. The number of likely N-dealkylation sites (N-methyl/N-ethyl adjacent to an activating group) is 1. The fourth-order valence-electron chi connectivity index (χ4n) is 3.56. The molecule has 1 unspecified atom stereocenters. The summed E-state index contributed by atoms with van der Waals surface area (Å²) in [5.74, 6) is 1.61. The van der Waals surface area contributed by atoms with Gasteiger partial charge in [0.1, 0.15) is 0 Å². The Hall–Kier alpha value is -1.30. The van der Waals surface area contributed by atoms with Crippen LogP contribution in [-0.2, 0) is 6.54 Å². The van der Waals surface area contributed by atoms with Crippen molar-refractivity contribution in [3.63, 3.8) is 0 Å². The van der Waals surface area contributed by atoms with Gasteiger partial charge in [-0.3, -0.25) is 9.80 Å². The molecule has 0 bridgehead atoms. The van der Waals surface area contributed by atoms with Crippen molar-refractivity contribution in [3.05, 3.63) is 23.8 Å². The largest absolute Gasteiger partial charge is 0.493 e. The van der Waals surface area contributed by atoms with Crippen molar-refractivity contribution in [1.29, 1.82) is 0 Å². The van der Waals surface area contributed by atoms with Crippen LogP contribution in [0.15, 0.2) is 18.2 Å². The second-order valence-corrected chi connectivity index (χ2v) is 6.38. The zero-order valence-corrected chi connectivity index (χ0v) is 13.9. The maximum absolute atomic E-state index is 5.41. The smallest absolute Gasteiger partial charge is 0.161 e.